The van der Waals surface area contributed by atoms with Gasteiger partial charge in [-0.1, -0.05) is 29.4 Å². The molecular weight excluding hydrogens is 470 g/mol. The van der Waals surface area contributed by atoms with Gasteiger partial charge in [0.25, 0.3) is 0 Å². The summed E-state index contributed by atoms with van der Waals surface area (Å²) in [5.41, 5.74) is 6.01. The van der Waals surface area contributed by atoms with Crippen LogP contribution in [0.3, 0.4) is 0 Å². The number of aliphatic hydroxyl groups is 1. The first-order valence-corrected chi connectivity index (χ1v) is 13.4. The second kappa shape index (κ2) is 9.11. The van der Waals surface area contributed by atoms with Crippen LogP contribution in [0.15, 0.2) is 40.9 Å². The van der Waals surface area contributed by atoms with Crippen molar-refractivity contribution in [2.75, 3.05) is 0 Å². The highest BCUT2D eigenvalue weighted by atomic mass is 32.1. The average molecular weight is 500 g/mol. The lowest BCUT2D eigenvalue weighted by atomic mass is 9.83. The summed E-state index contributed by atoms with van der Waals surface area (Å²) in [7, 11) is 0. The molecule has 0 amide bonds. The first kappa shape index (κ1) is 23.4. The monoisotopic (exact) mass is 499 g/mol. The minimum Gasteiger partial charge on any atom is -0.383 e. The molecule has 0 aliphatic heterocycles. The Balaban J connectivity index is 1.17. The van der Waals surface area contributed by atoms with Crippen LogP contribution in [-0.2, 0) is 16.9 Å². The Labute approximate surface area is 214 Å². The Morgan fingerprint density at radius 1 is 1.14 bits per heavy atom. The van der Waals surface area contributed by atoms with E-state index in [1.54, 1.807) is 6.07 Å². The van der Waals surface area contributed by atoms with E-state index in [1.807, 2.05) is 12.1 Å². The number of fused-ring (bicyclic) bond motifs is 1. The van der Waals surface area contributed by atoms with Gasteiger partial charge in [-0.15, -0.1) is 11.3 Å². The molecule has 0 saturated heterocycles. The molecule has 0 unspecified atom stereocenters. The van der Waals surface area contributed by atoms with Crippen LogP contribution in [0.2, 0.25) is 0 Å². The molecule has 2 aromatic carbocycles. The number of nitrogens with zero attached hydrogens (tertiary/aromatic N) is 3. The summed E-state index contributed by atoms with van der Waals surface area (Å²) in [4.78, 5) is 8.20. The number of rotatable bonds is 6. The average Bonchev–Trinajstić information content (AvgIpc) is 3.49. The summed E-state index contributed by atoms with van der Waals surface area (Å²) in [6.45, 7) is 11.9. The van der Waals surface area contributed by atoms with Gasteiger partial charge in [0.1, 0.15) is 22.1 Å². The Hall–Kier alpha value is -3.05. The van der Waals surface area contributed by atoms with Gasteiger partial charge < -0.3 is 14.4 Å². The molecule has 2 aliphatic rings. The lowest BCUT2D eigenvalue weighted by Gasteiger charge is -2.34. The highest BCUT2D eigenvalue weighted by Crippen LogP contribution is 2.46. The first-order valence-electron chi connectivity index (χ1n) is 12.6. The summed E-state index contributed by atoms with van der Waals surface area (Å²) >= 11 is 1.49. The van der Waals surface area contributed by atoms with Gasteiger partial charge in [0, 0.05) is 21.7 Å². The molecule has 7 heteroatoms. The Morgan fingerprint density at radius 3 is 2.58 bits per heavy atom. The molecule has 1 N–H and O–H groups in total. The molecule has 184 valence electrons. The minimum atomic E-state index is -0.943. The van der Waals surface area contributed by atoms with Crippen LogP contribution < -0.4 is 0 Å². The molecule has 2 aliphatic carbocycles. The van der Waals surface area contributed by atoms with Crippen molar-refractivity contribution in [2.45, 2.75) is 76.6 Å². The Morgan fingerprint density at radius 2 is 1.89 bits per heavy atom. The molecule has 0 bridgehead atoms. The van der Waals surface area contributed by atoms with Crippen LogP contribution in [0.5, 0.6) is 0 Å². The molecule has 0 spiro atoms. The molecule has 6 rings (SSSR count). The highest BCUT2D eigenvalue weighted by Gasteiger charge is 2.39. The van der Waals surface area contributed by atoms with Gasteiger partial charge in [-0.25, -0.2) is 9.83 Å². The molecule has 36 heavy (non-hydrogen) atoms. The maximum atomic E-state index is 11.4. The maximum absolute atomic E-state index is 11.4. The fourth-order valence-electron chi connectivity index (χ4n) is 5.34. The van der Waals surface area contributed by atoms with Crippen LogP contribution in [0.1, 0.15) is 71.9 Å². The summed E-state index contributed by atoms with van der Waals surface area (Å²) in [5.74, 6) is 1.43. The van der Waals surface area contributed by atoms with Crippen molar-refractivity contribution in [3.63, 3.8) is 0 Å². The zero-order valence-electron chi connectivity index (χ0n) is 20.6. The van der Waals surface area contributed by atoms with E-state index in [4.69, 9.17) is 20.8 Å². The van der Waals surface area contributed by atoms with Crippen molar-refractivity contribution < 1.29 is 14.4 Å². The quantitative estimate of drug-likeness (QED) is 0.281. The number of ether oxygens (including phenoxy) is 1. The van der Waals surface area contributed by atoms with Crippen LogP contribution in [0, 0.1) is 20.4 Å². The van der Waals surface area contributed by atoms with Crippen LogP contribution in [0.25, 0.3) is 26.3 Å². The van der Waals surface area contributed by atoms with E-state index in [1.165, 1.54) is 22.5 Å². The summed E-state index contributed by atoms with van der Waals surface area (Å²) in [6.07, 6.45) is 5.10. The smallest absolute Gasteiger partial charge is 0.188 e. The fourth-order valence-corrected chi connectivity index (χ4v) is 6.49. The number of hydrogen-bond donors (Lipinski definition) is 1. The van der Waals surface area contributed by atoms with Gasteiger partial charge in [-0.3, -0.25) is 0 Å². The topological polar surface area (TPSA) is 72.7 Å². The van der Waals surface area contributed by atoms with Gasteiger partial charge in [0.15, 0.2) is 5.69 Å². The minimum absolute atomic E-state index is 0.0705. The molecule has 2 heterocycles. The van der Waals surface area contributed by atoms with Gasteiger partial charge in [-0.05, 0) is 75.6 Å². The molecule has 4 aromatic rings. The molecule has 2 fully saturated rings. The van der Waals surface area contributed by atoms with Crippen molar-refractivity contribution in [1.29, 1.82) is 0 Å². The van der Waals surface area contributed by atoms with E-state index in [0.29, 0.717) is 31.1 Å². The number of hydrogen-bond acceptors (Lipinski definition) is 6. The van der Waals surface area contributed by atoms with Gasteiger partial charge >= 0.3 is 0 Å². The standard InChI is InChI=1S/C29H29N3O3S/c1-17-5-4-6-18(2)25(17)26-22(27(35-32-26)19-7-8-19)16-34-21-11-13-29(33,14-12-21)28-31-23-10-9-20(30-3)15-24(23)36-28/h4-6,9-10,15,19,21,33H,7-8,11-14,16H2,1-2H3. The SMILES string of the molecule is [C-]#[N+]c1ccc2nc(C3(O)CCC(OCc4c(-c5c(C)cccc5C)noc4C4CC4)CC3)sc2c1. The second-order valence-electron chi connectivity index (χ2n) is 10.2. The van der Waals surface area contributed by atoms with E-state index in [2.05, 4.69) is 42.0 Å². The molecule has 0 radical (unpaired) electrons. The lowest BCUT2D eigenvalue weighted by Crippen LogP contribution is -2.34. The third-order valence-electron chi connectivity index (χ3n) is 7.61. The normalized spacial score (nSPS) is 22.1. The van der Waals surface area contributed by atoms with E-state index >= 15 is 0 Å². The van der Waals surface area contributed by atoms with Crippen LogP contribution in [-0.4, -0.2) is 21.4 Å². The van der Waals surface area contributed by atoms with Crippen molar-refractivity contribution >= 4 is 27.2 Å². The van der Waals surface area contributed by atoms with Crippen molar-refractivity contribution in [2.24, 2.45) is 0 Å². The van der Waals surface area contributed by atoms with Crippen molar-refractivity contribution in [3.8, 4) is 11.3 Å². The van der Waals surface area contributed by atoms with E-state index in [9.17, 15) is 5.11 Å². The predicted octanol–water partition coefficient (Wildman–Crippen LogP) is 7.34. The van der Waals surface area contributed by atoms with Gasteiger partial charge in [0.05, 0.1) is 24.8 Å². The predicted molar refractivity (Wildman–Crippen MR) is 140 cm³/mol. The van der Waals surface area contributed by atoms with Crippen LogP contribution >= 0.6 is 11.3 Å². The summed E-state index contributed by atoms with van der Waals surface area (Å²) in [5, 5.41) is 16.7. The van der Waals surface area contributed by atoms with Crippen LogP contribution in [0.4, 0.5) is 5.69 Å². The molecule has 2 saturated carbocycles. The molecule has 0 atom stereocenters. The van der Waals surface area contributed by atoms with E-state index in [0.717, 1.165) is 63.5 Å². The molecule has 2 aromatic heterocycles. The van der Waals surface area contributed by atoms with Crippen molar-refractivity contribution in [1.82, 2.24) is 10.1 Å². The highest BCUT2D eigenvalue weighted by molar-refractivity contribution is 7.18. The Bertz CT molecular complexity index is 1450. The zero-order valence-corrected chi connectivity index (χ0v) is 21.4. The maximum Gasteiger partial charge on any atom is 0.188 e. The van der Waals surface area contributed by atoms with Gasteiger partial charge in [-0.2, -0.15) is 0 Å². The van der Waals surface area contributed by atoms with E-state index in [-0.39, 0.29) is 6.10 Å². The van der Waals surface area contributed by atoms with E-state index < -0.39 is 5.60 Å². The number of thiazole rings is 1. The third-order valence-corrected chi connectivity index (χ3v) is 8.82. The second-order valence-corrected chi connectivity index (χ2v) is 11.3. The van der Waals surface area contributed by atoms with Gasteiger partial charge in [0.2, 0.25) is 0 Å². The third kappa shape index (κ3) is 4.24. The number of benzene rings is 2. The fraction of sp³-hybridized carbons (Fsp3) is 0.414. The summed E-state index contributed by atoms with van der Waals surface area (Å²) < 4.78 is 13.3. The zero-order chi connectivity index (χ0) is 24.9. The molecule has 6 nitrogen and oxygen atoms in total. The largest absolute Gasteiger partial charge is 0.383 e. The molecular formula is C29H29N3O3S. The number of aromatic nitrogens is 2. The summed E-state index contributed by atoms with van der Waals surface area (Å²) in [6, 6.07) is 11.8. The van der Waals surface area contributed by atoms with Crippen molar-refractivity contribution in [3.05, 3.63) is 75.3 Å². The Kier molecular flexibility index (Phi) is 5.91. The number of aryl methyl sites for hydroxylation is 2. The first-order chi connectivity index (χ1) is 17.4. The lowest BCUT2D eigenvalue weighted by molar-refractivity contribution is -0.0640.